The van der Waals surface area contributed by atoms with Crippen molar-refractivity contribution in [2.45, 2.75) is 12.8 Å². The Morgan fingerprint density at radius 3 is 2.11 bits per heavy atom. The Labute approximate surface area is 104 Å². The number of benzene rings is 1. The summed E-state index contributed by atoms with van der Waals surface area (Å²) in [6.45, 7) is 1.87. The molecule has 1 atom stereocenters. The molecule has 2 N–H and O–H groups in total. The third kappa shape index (κ3) is 2.45. The van der Waals surface area contributed by atoms with Crippen LogP contribution in [0.2, 0.25) is 0 Å². The molecule has 2 rings (SSSR count). The molecule has 0 aromatic heterocycles. The molecule has 1 aliphatic heterocycles. The maximum Gasteiger partial charge on any atom is 0.328 e. The zero-order valence-corrected chi connectivity index (χ0v) is 9.77. The zero-order valence-electron chi connectivity index (χ0n) is 9.77. The molecule has 1 saturated heterocycles. The number of imide groups is 2. The van der Waals surface area contributed by atoms with Gasteiger partial charge < -0.3 is 0 Å². The lowest BCUT2D eigenvalue weighted by atomic mass is 9.97. The maximum absolute atomic E-state index is 11.5. The summed E-state index contributed by atoms with van der Waals surface area (Å²) in [6.07, 6.45) is 1.55. The average Bonchev–Trinajstić information content (AvgIpc) is 2.34. The molecule has 4 amide bonds. The van der Waals surface area contributed by atoms with Gasteiger partial charge in [0.25, 0.3) is 11.8 Å². The third-order valence-corrected chi connectivity index (χ3v) is 2.69. The summed E-state index contributed by atoms with van der Waals surface area (Å²) in [5.74, 6) is -1.41. The summed E-state index contributed by atoms with van der Waals surface area (Å²) in [7, 11) is 0. The van der Waals surface area contributed by atoms with Crippen LogP contribution in [0.4, 0.5) is 4.79 Å². The van der Waals surface area contributed by atoms with E-state index in [0.29, 0.717) is 0 Å². The van der Waals surface area contributed by atoms with Crippen molar-refractivity contribution in [3.8, 4) is 0 Å². The number of carbonyl (C=O) groups excluding carboxylic acids is 3. The Kier molecular flexibility index (Phi) is 3.23. The van der Waals surface area contributed by atoms with Gasteiger partial charge in [-0.15, -0.1) is 0 Å². The van der Waals surface area contributed by atoms with Crippen molar-refractivity contribution < 1.29 is 14.4 Å². The monoisotopic (exact) mass is 244 g/mol. The van der Waals surface area contributed by atoms with Crippen molar-refractivity contribution in [1.29, 1.82) is 0 Å². The van der Waals surface area contributed by atoms with Crippen LogP contribution in [0.5, 0.6) is 0 Å². The molecule has 1 aliphatic rings. The second-order valence-electron chi connectivity index (χ2n) is 4.02. The minimum atomic E-state index is -0.783. The molecule has 1 heterocycles. The number of carbonyl (C=O) groups is 3. The smallest absolute Gasteiger partial charge is 0.273 e. The number of hydrogen-bond donors (Lipinski definition) is 2. The van der Waals surface area contributed by atoms with E-state index >= 15 is 0 Å². The molecule has 5 heteroatoms. The van der Waals surface area contributed by atoms with E-state index in [1.165, 1.54) is 0 Å². The van der Waals surface area contributed by atoms with Crippen LogP contribution in [0, 0.1) is 0 Å². The van der Waals surface area contributed by atoms with Gasteiger partial charge in [-0.25, -0.2) is 4.79 Å². The number of urea groups is 1. The first kappa shape index (κ1) is 12.0. The normalized spacial score (nSPS) is 16.9. The van der Waals surface area contributed by atoms with Gasteiger partial charge in [-0.1, -0.05) is 43.3 Å². The highest BCUT2D eigenvalue weighted by Crippen LogP contribution is 2.18. The van der Waals surface area contributed by atoms with Gasteiger partial charge in [-0.2, -0.15) is 0 Å². The fraction of sp³-hybridized carbons (Fsp3) is 0.154. The number of allylic oxidation sites excluding steroid dienone is 1. The van der Waals surface area contributed by atoms with Crippen LogP contribution >= 0.6 is 0 Å². The summed E-state index contributed by atoms with van der Waals surface area (Å²) in [5, 5.41) is 4.08. The molecule has 1 fully saturated rings. The molecule has 18 heavy (non-hydrogen) atoms. The molecular formula is C13H12N2O3. The van der Waals surface area contributed by atoms with Crippen molar-refractivity contribution in [1.82, 2.24) is 10.6 Å². The molecule has 0 aliphatic carbocycles. The van der Waals surface area contributed by atoms with E-state index in [1.807, 2.05) is 47.9 Å². The first-order valence-electron chi connectivity index (χ1n) is 5.51. The predicted octanol–water partition coefficient (Wildman–Crippen LogP) is 1.08. The number of hydrogen-bond acceptors (Lipinski definition) is 3. The van der Waals surface area contributed by atoms with Crippen LogP contribution in [0.3, 0.4) is 0 Å². The molecular weight excluding hydrogens is 232 g/mol. The fourth-order valence-electron chi connectivity index (χ4n) is 1.73. The summed E-state index contributed by atoms with van der Waals surface area (Å²) in [6, 6.07) is 8.69. The Hall–Kier alpha value is -2.43. The summed E-state index contributed by atoms with van der Waals surface area (Å²) >= 11 is 0. The van der Waals surface area contributed by atoms with Crippen molar-refractivity contribution in [2.24, 2.45) is 0 Å². The summed E-state index contributed by atoms with van der Waals surface area (Å²) in [5.41, 5.74) is 0.952. The van der Waals surface area contributed by atoms with Crippen LogP contribution in [0.1, 0.15) is 18.4 Å². The van der Waals surface area contributed by atoms with E-state index in [4.69, 9.17) is 0 Å². The van der Waals surface area contributed by atoms with Crippen molar-refractivity contribution in [3.05, 3.63) is 47.5 Å². The van der Waals surface area contributed by atoms with Gasteiger partial charge in [0.15, 0.2) is 0 Å². The second kappa shape index (κ2) is 4.83. The van der Waals surface area contributed by atoms with Gasteiger partial charge in [0.1, 0.15) is 5.57 Å². The molecule has 5 nitrogen and oxygen atoms in total. The van der Waals surface area contributed by atoms with Crippen LogP contribution in [0.15, 0.2) is 42.0 Å². The Morgan fingerprint density at radius 2 is 1.56 bits per heavy atom. The highest BCUT2D eigenvalue weighted by molar-refractivity contribution is 6.28. The number of amides is 4. The third-order valence-electron chi connectivity index (χ3n) is 2.69. The largest absolute Gasteiger partial charge is 0.328 e. The van der Waals surface area contributed by atoms with Crippen LogP contribution in [-0.4, -0.2) is 17.8 Å². The lowest BCUT2D eigenvalue weighted by Crippen LogP contribution is -2.51. The standard InChI is InChI=1S/C13H12N2O3/c1-8(9-5-3-2-4-6-9)7-10-11(16)14-13(18)15-12(10)17/h2-8H,1H3,(H2,14,15,16,17,18). The van der Waals surface area contributed by atoms with Crippen LogP contribution in [-0.2, 0) is 9.59 Å². The SMILES string of the molecule is CC(C=C1C(=O)NC(=O)NC1=O)c1ccccc1. The first-order valence-corrected chi connectivity index (χ1v) is 5.51. The summed E-state index contributed by atoms with van der Waals surface area (Å²) < 4.78 is 0. The molecule has 0 spiro atoms. The van der Waals surface area contributed by atoms with E-state index in [9.17, 15) is 14.4 Å². The van der Waals surface area contributed by atoms with Crippen molar-refractivity contribution in [2.75, 3.05) is 0 Å². The van der Waals surface area contributed by atoms with Gasteiger partial charge in [-0.05, 0) is 5.56 Å². The van der Waals surface area contributed by atoms with Gasteiger partial charge >= 0.3 is 6.03 Å². The Bertz CT molecular complexity index is 512. The van der Waals surface area contributed by atoms with Crippen LogP contribution < -0.4 is 10.6 Å². The molecule has 0 radical (unpaired) electrons. The lowest BCUT2D eigenvalue weighted by molar-refractivity contribution is -0.124. The minimum Gasteiger partial charge on any atom is -0.273 e. The van der Waals surface area contributed by atoms with Crippen LogP contribution in [0.25, 0.3) is 0 Å². The fourth-order valence-corrected chi connectivity index (χ4v) is 1.73. The molecule has 0 bridgehead atoms. The van der Waals surface area contributed by atoms with Crippen molar-refractivity contribution in [3.63, 3.8) is 0 Å². The molecule has 1 aromatic carbocycles. The molecule has 92 valence electrons. The molecule has 1 unspecified atom stereocenters. The van der Waals surface area contributed by atoms with Gasteiger partial charge in [0.05, 0.1) is 0 Å². The predicted molar refractivity (Wildman–Crippen MR) is 64.6 cm³/mol. The van der Waals surface area contributed by atoms with Gasteiger partial charge in [-0.3, -0.25) is 20.2 Å². The van der Waals surface area contributed by atoms with Crippen molar-refractivity contribution >= 4 is 17.8 Å². The average molecular weight is 244 g/mol. The number of rotatable bonds is 2. The maximum atomic E-state index is 11.5. The number of barbiturate groups is 1. The highest BCUT2D eigenvalue weighted by Gasteiger charge is 2.28. The van der Waals surface area contributed by atoms with E-state index in [0.717, 1.165) is 5.56 Å². The molecule has 1 aromatic rings. The minimum absolute atomic E-state index is 0.0362. The Balaban J connectivity index is 2.25. The van der Waals surface area contributed by atoms with Gasteiger partial charge in [0.2, 0.25) is 0 Å². The second-order valence-corrected chi connectivity index (χ2v) is 4.02. The van der Waals surface area contributed by atoms with E-state index in [2.05, 4.69) is 0 Å². The summed E-state index contributed by atoms with van der Waals surface area (Å²) in [4.78, 5) is 33.9. The Morgan fingerprint density at radius 1 is 1.00 bits per heavy atom. The van der Waals surface area contributed by atoms with Gasteiger partial charge in [0, 0.05) is 5.92 Å². The van der Waals surface area contributed by atoms with E-state index < -0.39 is 17.8 Å². The van der Waals surface area contributed by atoms with E-state index in [1.54, 1.807) is 6.08 Å². The topological polar surface area (TPSA) is 75.3 Å². The van der Waals surface area contributed by atoms with E-state index in [-0.39, 0.29) is 11.5 Å². The lowest BCUT2D eigenvalue weighted by Gasteiger charge is -2.15. The quantitative estimate of drug-likeness (QED) is 0.604. The zero-order chi connectivity index (χ0) is 13.1. The molecule has 0 saturated carbocycles. The first-order chi connectivity index (χ1) is 8.58. The number of nitrogens with one attached hydrogen (secondary N) is 2. The highest BCUT2D eigenvalue weighted by atomic mass is 16.2.